The number of rotatable bonds is 6. The summed E-state index contributed by atoms with van der Waals surface area (Å²) in [6.07, 6.45) is 0.561. The molecule has 0 spiro atoms. The molecule has 1 aliphatic heterocycles. The predicted octanol–water partition coefficient (Wildman–Crippen LogP) is 7.66. The summed E-state index contributed by atoms with van der Waals surface area (Å²) in [7, 11) is 1.98. The van der Waals surface area contributed by atoms with E-state index in [1.807, 2.05) is 66.5 Å². The topological polar surface area (TPSA) is 65.5 Å². The highest BCUT2D eigenvalue weighted by molar-refractivity contribution is 7.17. The van der Waals surface area contributed by atoms with Crippen LogP contribution in [0.1, 0.15) is 42.4 Å². The number of amides is 2. The molecular formula is C35H31FN4O2S. The van der Waals surface area contributed by atoms with Gasteiger partial charge in [-0.2, -0.15) is 0 Å². The Balaban J connectivity index is 1.27. The Hall–Kier alpha value is -4.82. The predicted molar refractivity (Wildman–Crippen MR) is 172 cm³/mol. The van der Waals surface area contributed by atoms with Crippen LogP contribution in [0.15, 0.2) is 91.0 Å². The second-order valence-corrected chi connectivity index (χ2v) is 11.8. The number of hydrogen-bond donors (Lipinski definition) is 1. The summed E-state index contributed by atoms with van der Waals surface area (Å²) in [6.45, 7) is 4.96. The lowest BCUT2D eigenvalue weighted by Crippen LogP contribution is -2.33. The molecule has 6 nitrogen and oxygen atoms in total. The first-order chi connectivity index (χ1) is 20.8. The van der Waals surface area contributed by atoms with Crippen molar-refractivity contribution in [3.8, 4) is 10.4 Å². The molecule has 0 saturated heterocycles. The number of carbonyl (C=O) groups excluding carboxylic acids is 2. The molecule has 3 aromatic carbocycles. The van der Waals surface area contributed by atoms with Crippen LogP contribution in [0.25, 0.3) is 10.4 Å². The average Bonchev–Trinajstić information content (AvgIpc) is 3.38. The van der Waals surface area contributed by atoms with E-state index in [-0.39, 0.29) is 17.5 Å². The Kier molecular flexibility index (Phi) is 7.78. The highest BCUT2D eigenvalue weighted by atomic mass is 32.1. The summed E-state index contributed by atoms with van der Waals surface area (Å²) >= 11 is 1.35. The molecule has 3 heterocycles. The van der Waals surface area contributed by atoms with Crippen LogP contribution in [0.4, 0.5) is 21.6 Å². The van der Waals surface area contributed by atoms with Gasteiger partial charge in [-0.15, -0.1) is 11.3 Å². The van der Waals surface area contributed by atoms with E-state index in [0.29, 0.717) is 35.6 Å². The van der Waals surface area contributed by atoms with Gasteiger partial charge in [-0.3, -0.25) is 9.59 Å². The lowest BCUT2D eigenvalue weighted by Gasteiger charge is -2.24. The van der Waals surface area contributed by atoms with Crippen molar-refractivity contribution in [1.29, 1.82) is 0 Å². The number of nitrogens with one attached hydrogen (secondary N) is 1. The first kappa shape index (κ1) is 28.3. The maximum Gasteiger partial charge on any atom is 0.276 e. The van der Waals surface area contributed by atoms with Crippen molar-refractivity contribution in [3.05, 3.63) is 130 Å². The third-order valence-electron chi connectivity index (χ3n) is 7.80. The first-order valence-corrected chi connectivity index (χ1v) is 14.9. The van der Waals surface area contributed by atoms with E-state index < -0.39 is 5.82 Å². The van der Waals surface area contributed by atoms with Crippen LogP contribution >= 0.6 is 11.3 Å². The van der Waals surface area contributed by atoms with Crippen molar-refractivity contribution >= 4 is 40.3 Å². The number of para-hydroxylation sites is 2. The van der Waals surface area contributed by atoms with Gasteiger partial charge in [0.15, 0.2) is 0 Å². The summed E-state index contributed by atoms with van der Waals surface area (Å²) in [5, 5.41) is 2.74. The monoisotopic (exact) mass is 590 g/mol. The highest BCUT2D eigenvalue weighted by Gasteiger charge is 2.28. The summed E-state index contributed by atoms with van der Waals surface area (Å²) in [5.74, 6) is -0.281. The largest absolute Gasteiger partial charge is 0.355 e. The van der Waals surface area contributed by atoms with Crippen molar-refractivity contribution in [1.82, 2.24) is 4.98 Å². The van der Waals surface area contributed by atoms with Crippen molar-refractivity contribution in [2.75, 3.05) is 28.7 Å². The number of pyridine rings is 1. The van der Waals surface area contributed by atoms with Crippen LogP contribution in [0, 0.1) is 19.7 Å². The number of aryl methyl sites for hydroxylation is 2. The maximum absolute atomic E-state index is 14.4. The molecule has 5 aromatic rings. The Morgan fingerprint density at radius 1 is 0.953 bits per heavy atom. The standard InChI is InChI=1S/C35H31FN4O2S/c1-22-10-4-5-12-25(22)21-39(3)31-17-9-15-28(37-31)35(42)40-19-18-24-20-30(43-33(24)26-13-6-7-16-29(26)40)34(41)38-32-23(2)11-8-14-27(32)36/h4-17,20H,18-19,21H2,1-3H3,(H,38,41). The maximum atomic E-state index is 14.4. The molecule has 0 bridgehead atoms. The molecule has 1 N–H and O–H groups in total. The van der Waals surface area contributed by atoms with Crippen molar-refractivity contribution in [2.24, 2.45) is 0 Å². The van der Waals surface area contributed by atoms with E-state index in [4.69, 9.17) is 4.98 Å². The number of halogens is 1. The number of nitrogens with zero attached hydrogens (tertiary/aromatic N) is 3. The Morgan fingerprint density at radius 3 is 2.51 bits per heavy atom. The van der Waals surface area contributed by atoms with Crippen LogP contribution in [0.2, 0.25) is 0 Å². The van der Waals surface area contributed by atoms with Crippen LogP contribution < -0.4 is 15.1 Å². The number of carbonyl (C=O) groups is 2. The quantitative estimate of drug-likeness (QED) is 0.221. The second-order valence-electron chi connectivity index (χ2n) is 10.7. The molecule has 6 rings (SSSR count). The molecule has 0 atom stereocenters. The molecule has 43 heavy (non-hydrogen) atoms. The average molecular weight is 591 g/mol. The van der Waals surface area contributed by atoms with Gasteiger partial charge in [-0.25, -0.2) is 9.37 Å². The fourth-order valence-corrected chi connectivity index (χ4v) is 6.54. The van der Waals surface area contributed by atoms with E-state index >= 15 is 0 Å². The summed E-state index contributed by atoms with van der Waals surface area (Å²) < 4.78 is 14.4. The van der Waals surface area contributed by atoms with Gasteiger partial charge in [-0.1, -0.05) is 60.7 Å². The number of aromatic nitrogens is 1. The molecule has 0 aliphatic carbocycles. The summed E-state index contributed by atoms with van der Waals surface area (Å²) in [5.41, 5.74) is 6.24. The van der Waals surface area contributed by atoms with Crippen molar-refractivity contribution < 1.29 is 14.0 Å². The Bertz CT molecular complexity index is 1830. The molecule has 216 valence electrons. The zero-order chi connectivity index (χ0) is 30.1. The van der Waals surface area contributed by atoms with E-state index in [1.165, 1.54) is 28.5 Å². The molecule has 2 aromatic heterocycles. The van der Waals surface area contributed by atoms with Gasteiger partial charge in [0, 0.05) is 30.6 Å². The number of thiophene rings is 1. The normalized spacial score (nSPS) is 12.2. The third kappa shape index (κ3) is 5.66. The van der Waals surface area contributed by atoms with Gasteiger partial charge in [0.1, 0.15) is 17.3 Å². The number of hydrogen-bond acceptors (Lipinski definition) is 5. The first-order valence-electron chi connectivity index (χ1n) is 14.1. The molecular weight excluding hydrogens is 559 g/mol. The van der Waals surface area contributed by atoms with Gasteiger partial charge in [0.25, 0.3) is 11.8 Å². The van der Waals surface area contributed by atoms with Crippen molar-refractivity contribution in [3.63, 3.8) is 0 Å². The minimum absolute atomic E-state index is 0.179. The van der Waals surface area contributed by atoms with E-state index in [1.54, 1.807) is 30.0 Å². The minimum atomic E-state index is -0.468. The van der Waals surface area contributed by atoms with Gasteiger partial charge >= 0.3 is 0 Å². The fraction of sp³-hybridized carbons (Fsp3) is 0.171. The van der Waals surface area contributed by atoms with Crippen molar-refractivity contribution in [2.45, 2.75) is 26.8 Å². The second kappa shape index (κ2) is 11.8. The Labute approximate surface area is 254 Å². The zero-order valence-corrected chi connectivity index (χ0v) is 25.0. The number of fused-ring (bicyclic) bond motifs is 3. The lowest BCUT2D eigenvalue weighted by molar-refractivity contribution is 0.0981. The summed E-state index contributed by atoms with van der Waals surface area (Å²) in [4.78, 5) is 37.1. The van der Waals surface area contributed by atoms with Gasteiger partial charge in [-0.05, 0) is 72.9 Å². The number of benzene rings is 3. The van der Waals surface area contributed by atoms with Crippen LogP contribution in [0.5, 0.6) is 0 Å². The molecule has 0 radical (unpaired) electrons. The van der Waals surface area contributed by atoms with Crippen LogP contribution in [-0.4, -0.2) is 30.4 Å². The minimum Gasteiger partial charge on any atom is -0.355 e. The molecule has 0 fully saturated rings. The lowest BCUT2D eigenvalue weighted by atomic mass is 10.1. The zero-order valence-electron chi connectivity index (χ0n) is 24.2. The fourth-order valence-electron chi connectivity index (χ4n) is 5.40. The SMILES string of the molecule is Cc1ccccc1CN(C)c1cccc(C(=O)N2CCc3cc(C(=O)Nc4c(C)cccc4F)sc3-c3ccccc32)n1. The molecule has 2 amide bonds. The molecule has 0 saturated carbocycles. The third-order valence-corrected chi connectivity index (χ3v) is 9.01. The van der Waals surface area contributed by atoms with Crippen LogP contribution in [-0.2, 0) is 13.0 Å². The molecule has 0 unspecified atom stereocenters. The van der Waals surface area contributed by atoms with E-state index in [2.05, 4.69) is 24.4 Å². The van der Waals surface area contributed by atoms with E-state index in [0.717, 1.165) is 27.5 Å². The molecule has 1 aliphatic rings. The van der Waals surface area contributed by atoms with Crippen LogP contribution in [0.3, 0.4) is 0 Å². The Morgan fingerprint density at radius 2 is 1.70 bits per heavy atom. The number of anilines is 3. The summed E-state index contributed by atoms with van der Waals surface area (Å²) in [6, 6.07) is 28.1. The van der Waals surface area contributed by atoms with Gasteiger partial charge in [0.2, 0.25) is 0 Å². The van der Waals surface area contributed by atoms with Gasteiger partial charge in [0.05, 0.1) is 16.3 Å². The molecule has 8 heteroatoms. The van der Waals surface area contributed by atoms with Gasteiger partial charge < -0.3 is 15.1 Å². The van der Waals surface area contributed by atoms with E-state index in [9.17, 15) is 14.0 Å². The smallest absolute Gasteiger partial charge is 0.276 e. The highest BCUT2D eigenvalue weighted by Crippen LogP contribution is 2.42.